The largest absolute Gasteiger partial charge is 0.478 e. The molecular formula is C11H16N4O. The molecule has 86 valence electrons. The highest BCUT2D eigenvalue weighted by Gasteiger charge is 2.06. The van der Waals surface area contributed by atoms with E-state index in [4.69, 9.17) is 4.74 Å². The summed E-state index contributed by atoms with van der Waals surface area (Å²) in [6.45, 7) is 3.34. The summed E-state index contributed by atoms with van der Waals surface area (Å²) in [5.74, 6) is 1.54. The number of H-pyrrole nitrogens is 1. The quantitative estimate of drug-likeness (QED) is 0.846. The number of hydrogen-bond acceptors (Lipinski definition) is 4. The van der Waals surface area contributed by atoms with E-state index in [2.05, 4.69) is 19.9 Å². The van der Waals surface area contributed by atoms with Crippen LogP contribution in [0.4, 0.5) is 0 Å². The molecule has 2 aromatic heterocycles. The number of aromatic amines is 1. The van der Waals surface area contributed by atoms with Gasteiger partial charge in [0.1, 0.15) is 5.82 Å². The highest BCUT2D eigenvalue weighted by molar-refractivity contribution is 5.71. The molecule has 0 unspecified atom stereocenters. The number of pyridine rings is 1. The number of rotatable bonds is 4. The average molecular weight is 220 g/mol. The molecule has 0 aromatic carbocycles. The first-order valence-electron chi connectivity index (χ1n) is 5.32. The molecule has 5 nitrogen and oxygen atoms in total. The van der Waals surface area contributed by atoms with Gasteiger partial charge < -0.3 is 14.6 Å². The molecule has 0 bridgehead atoms. The van der Waals surface area contributed by atoms with Crippen LogP contribution in [0.25, 0.3) is 11.2 Å². The zero-order valence-electron chi connectivity index (χ0n) is 9.82. The minimum absolute atomic E-state index is 0.619. The first-order chi connectivity index (χ1) is 7.69. The summed E-state index contributed by atoms with van der Waals surface area (Å²) in [4.78, 5) is 14.0. The monoisotopic (exact) mass is 220 g/mol. The summed E-state index contributed by atoms with van der Waals surface area (Å²) < 4.78 is 5.33. The minimum atomic E-state index is 0.619. The summed E-state index contributed by atoms with van der Waals surface area (Å²) in [5, 5.41) is 0. The van der Waals surface area contributed by atoms with E-state index in [1.54, 1.807) is 0 Å². The Morgan fingerprint density at radius 3 is 2.81 bits per heavy atom. The summed E-state index contributed by atoms with van der Waals surface area (Å²) >= 11 is 0. The Kier molecular flexibility index (Phi) is 3.05. The number of nitrogens with zero attached hydrogens (tertiary/aromatic N) is 3. The lowest BCUT2D eigenvalue weighted by Gasteiger charge is -2.04. The van der Waals surface area contributed by atoms with E-state index < -0.39 is 0 Å². The predicted octanol–water partition coefficient (Wildman–Crippen LogP) is 1.42. The van der Waals surface area contributed by atoms with Gasteiger partial charge in [0, 0.05) is 6.07 Å². The standard InChI is InChI=1S/C11H16N4O/c1-4-16-10-6-5-8-11(14-10)13-9(12-8)7-15(2)3/h5-6H,4,7H2,1-3H3,(H,12,13,14). The van der Waals surface area contributed by atoms with Gasteiger partial charge in [-0.2, -0.15) is 4.98 Å². The van der Waals surface area contributed by atoms with Crippen LogP contribution in [0.2, 0.25) is 0 Å². The van der Waals surface area contributed by atoms with Gasteiger partial charge in [0.25, 0.3) is 0 Å². The van der Waals surface area contributed by atoms with Crippen molar-refractivity contribution < 1.29 is 4.74 Å². The maximum Gasteiger partial charge on any atom is 0.215 e. The van der Waals surface area contributed by atoms with Crippen molar-refractivity contribution in [2.24, 2.45) is 0 Å². The molecule has 0 saturated heterocycles. The van der Waals surface area contributed by atoms with E-state index >= 15 is 0 Å². The molecule has 2 rings (SSSR count). The van der Waals surface area contributed by atoms with Crippen LogP contribution in [-0.4, -0.2) is 40.6 Å². The summed E-state index contributed by atoms with van der Waals surface area (Å²) in [7, 11) is 4.01. The molecule has 0 spiro atoms. The van der Waals surface area contributed by atoms with E-state index in [0.29, 0.717) is 18.1 Å². The third-order valence-electron chi connectivity index (χ3n) is 2.13. The summed E-state index contributed by atoms with van der Waals surface area (Å²) in [6, 6.07) is 3.79. The van der Waals surface area contributed by atoms with Gasteiger partial charge in [0.2, 0.25) is 5.88 Å². The number of imidazole rings is 1. The molecule has 0 saturated carbocycles. The topological polar surface area (TPSA) is 54.0 Å². The van der Waals surface area contributed by atoms with Crippen molar-refractivity contribution in [3.63, 3.8) is 0 Å². The Morgan fingerprint density at radius 2 is 2.12 bits per heavy atom. The van der Waals surface area contributed by atoms with Gasteiger partial charge in [-0.1, -0.05) is 0 Å². The number of hydrogen-bond donors (Lipinski definition) is 1. The van der Waals surface area contributed by atoms with Crippen LogP contribution in [0.15, 0.2) is 12.1 Å². The van der Waals surface area contributed by atoms with Crippen molar-refractivity contribution in [1.82, 2.24) is 19.9 Å². The molecule has 0 atom stereocenters. The Bertz CT molecular complexity index is 478. The molecule has 0 fully saturated rings. The van der Waals surface area contributed by atoms with Gasteiger partial charge in [-0.25, -0.2) is 4.98 Å². The molecule has 0 amide bonds. The van der Waals surface area contributed by atoms with Gasteiger partial charge in [-0.05, 0) is 27.1 Å². The molecule has 2 heterocycles. The predicted molar refractivity (Wildman–Crippen MR) is 62.4 cm³/mol. The van der Waals surface area contributed by atoms with Crippen molar-refractivity contribution in [2.75, 3.05) is 20.7 Å². The molecule has 2 aromatic rings. The van der Waals surface area contributed by atoms with Crippen LogP contribution >= 0.6 is 0 Å². The van der Waals surface area contributed by atoms with E-state index in [0.717, 1.165) is 17.9 Å². The fourth-order valence-corrected chi connectivity index (χ4v) is 1.53. The van der Waals surface area contributed by atoms with Crippen molar-refractivity contribution in [3.8, 4) is 5.88 Å². The second kappa shape index (κ2) is 4.49. The number of fused-ring (bicyclic) bond motifs is 1. The zero-order valence-corrected chi connectivity index (χ0v) is 9.82. The van der Waals surface area contributed by atoms with Crippen LogP contribution in [0.1, 0.15) is 12.7 Å². The number of aromatic nitrogens is 3. The Labute approximate surface area is 94.5 Å². The molecular weight excluding hydrogens is 204 g/mol. The van der Waals surface area contributed by atoms with E-state index in [1.807, 2.05) is 33.2 Å². The van der Waals surface area contributed by atoms with Crippen LogP contribution in [-0.2, 0) is 6.54 Å². The van der Waals surface area contributed by atoms with E-state index in [-0.39, 0.29) is 0 Å². The Morgan fingerprint density at radius 1 is 1.31 bits per heavy atom. The lowest BCUT2D eigenvalue weighted by Crippen LogP contribution is -2.11. The number of nitrogens with one attached hydrogen (secondary N) is 1. The lowest BCUT2D eigenvalue weighted by atomic mass is 10.4. The summed E-state index contributed by atoms with van der Waals surface area (Å²) in [6.07, 6.45) is 0. The van der Waals surface area contributed by atoms with Gasteiger partial charge in [-0.15, -0.1) is 0 Å². The SMILES string of the molecule is CCOc1ccc2[nH]c(CN(C)C)nc2n1. The van der Waals surface area contributed by atoms with Gasteiger partial charge in [0.05, 0.1) is 18.7 Å². The third-order valence-corrected chi connectivity index (χ3v) is 2.13. The second-order valence-electron chi connectivity index (χ2n) is 3.87. The van der Waals surface area contributed by atoms with E-state index in [9.17, 15) is 0 Å². The van der Waals surface area contributed by atoms with Gasteiger partial charge >= 0.3 is 0 Å². The zero-order chi connectivity index (χ0) is 11.5. The van der Waals surface area contributed by atoms with E-state index in [1.165, 1.54) is 0 Å². The molecule has 0 aliphatic rings. The fraction of sp³-hybridized carbons (Fsp3) is 0.455. The Balaban J connectivity index is 2.30. The molecule has 16 heavy (non-hydrogen) atoms. The Hall–Kier alpha value is -1.62. The third kappa shape index (κ3) is 2.30. The van der Waals surface area contributed by atoms with Gasteiger partial charge in [-0.3, -0.25) is 0 Å². The summed E-state index contributed by atoms with van der Waals surface area (Å²) in [5.41, 5.74) is 1.66. The van der Waals surface area contributed by atoms with Crippen molar-refractivity contribution in [3.05, 3.63) is 18.0 Å². The first kappa shape index (κ1) is 10.9. The minimum Gasteiger partial charge on any atom is -0.478 e. The molecule has 0 radical (unpaired) electrons. The highest BCUT2D eigenvalue weighted by Crippen LogP contribution is 2.14. The normalized spacial score (nSPS) is 11.2. The van der Waals surface area contributed by atoms with Crippen molar-refractivity contribution in [1.29, 1.82) is 0 Å². The maximum atomic E-state index is 5.33. The van der Waals surface area contributed by atoms with Crippen LogP contribution in [0.3, 0.4) is 0 Å². The smallest absolute Gasteiger partial charge is 0.215 e. The van der Waals surface area contributed by atoms with Crippen molar-refractivity contribution in [2.45, 2.75) is 13.5 Å². The van der Waals surface area contributed by atoms with Crippen LogP contribution in [0.5, 0.6) is 5.88 Å². The second-order valence-corrected chi connectivity index (χ2v) is 3.87. The van der Waals surface area contributed by atoms with Crippen LogP contribution < -0.4 is 4.74 Å². The molecule has 0 aliphatic carbocycles. The first-order valence-corrected chi connectivity index (χ1v) is 5.32. The average Bonchev–Trinajstić information content (AvgIpc) is 2.58. The molecule has 1 N–H and O–H groups in total. The lowest BCUT2D eigenvalue weighted by molar-refractivity contribution is 0.328. The highest BCUT2D eigenvalue weighted by atomic mass is 16.5. The van der Waals surface area contributed by atoms with Gasteiger partial charge in [0.15, 0.2) is 5.65 Å². The molecule has 5 heteroatoms. The molecule has 0 aliphatic heterocycles. The number of ether oxygens (including phenoxy) is 1. The van der Waals surface area contributed by atoms with Crippen LogP contribution in [0, 0.1) is 0 Å². The van der Waals surface area contributed by atoms with Crippen molar-refractivity contribution >= 4 is 11.2 Å². The maximum absolute atomic E-state index is 5.33. The fourth-order valence-electron chi connectivity index (χ4n) is 1.53.